The molecule has 0 aliphatic carbocycles. The Labute approximate surface area is 123 Å². The van der Waals surface area contributed by atoms with Crippen LogP contribution in [-0.2, 0) is 0 Å². The first-order valence-electron chi connectivity index (χ1n) is 6.11. The maximum atomic E-state index is 9.90. The molecule has 19 heavy (non-hydrogen) atoms. The van der Waals surface area contributed by atoms with Gasteiger partial charge in [-0.3, -0.25) is 0 Å². The van der Waals surface area contributed by atoms with Crippen LogP contribution in [0.25, 0.3) is 0 Å². The lowest BCUT2D eigenvalue weighted by atomic mass is 10.0. The van der Waals surface area contributed by atoms with E-state index in [-0.39, 0.29) is 6.04 Å². The lowest BCUT2D eigenvalue weighted by Gasteiger charge is -2.20. The molecule has 0 amide bonds. The van der Waals surface area contributed by atoms with Crippen LogP contribution in [0.1, 0.15) is 24.9 Å². The standard InChI is InChI=1S/C15H15Cl2NO/c1-2-14(11-5-3-4-6-15(11)19)18-10-7-8-12(16)13(17)9-10/h3-9,14,18-19H,2H2,1H3. The molecule has 0 aliphatic heterocycles. The Bertz CT molecular complexity index is 572. The van der Waals surface area contributed by atoms with Gasteiger partial charge in [-0.15, -0.1) is 0 Å². The van der Waals surface area contributed by atoms with Gasteiger partial charge in [0.1, 0.15) is 5.75 Å². The van der Waals surface area contributed by atoms with Crippen LogP contribution in [0.2, 0.25) is 10.0 Å². The number of phenols is 1. The molecule has 0 heterocycles. The van der Waals surface area contributed by atoms with Crippen molar-refractivity contribution in [2.24, 2.45) is 0 Å². The highest BCUT2D eigenvalue weighted by atomic mass is 35.5. The zero-order chi connectivity index (χ0) is 13.8. The van der Waals surface area contributed by atoms with E-state index in [1.807, 2.05) is 24.3 Å². The summed E-state index contributed by atoms with van der Waals surface area (Å²) in [6.45, 7) is 2.06. The van der Waals surface area contributed by atoms with Crippen molar-refractivity contribution in [2.45, 2.75) is 19.4 Å². The number of halogens is 2. The molecular formula is C15H15Cl2NO. The monoisotopic (exact) mass is 295 g/mol. The number of nitrogens with one attached hydrogen (secondary N) is 1. The van der Waals surface area contributed by atoms with Gasteiger partial charge in [0.15, 0.2) is 0 Å². The Hall–Kier alpha value is -1.38. The van der Waals surface area contributed by atoms with Gasteiger partial charge in [-0.25, -0.2) is 0 Å². The lowest BCUT2D eigenvalue weighted by Crippen LogP contribution is -2.09. The summed E-state index contributed by atoms with van der Waals surface area (Å²) in [5.41, 5.74) is 1.75. The molecule has 2 aromatic carbocycles. The van der Waals surface area contributed by atoms with Crippen LogP contribution in [0, 0.1) is 0 Å². The SMILES string of the molecule is CCC(Nc1ccc(Cl)c(Cl)c1)c1ccccc1O. The van der Waals surface area contributed by atoms with Crippen molar-refractivity contribution < 1.29 is 5.11 Å². The highest BCUT2D eigenvalue weighted by Crippen LogP contribution is 2.31. The smallest absolute Gasteiger partial charge is 0.120 e. The number of para-hydroxylation sites is 1. The third kappa shape index (κ3) is 3.34. The molecule has 0 spiro atoms. The first-order chi connectivity index (χ1) is 9.11. The van der Waals surface area contributed by atoms with E-state index in [0.717, 1.165) is 17.7 Å². The summed E-state index contributed by atoms with van der Waals surface area (Å²) in [5, 5.41) is 14.3. The highest BCUT2D eigenvalue weighted by molar-refractivity contribution is 6.42. The number of hydrogen-bond acceptors (Lipinski definition) is 2. The Kier molecular flexibility index (Phi) is 4.56. The minimum atomic E-state index is 0.0263. The molecule has 2 aromatic rings. The Morgan fingerprint density at radius 2 is 1.84 bits per heavy atom. The molecule has 2 nitrogen and oxygen atoms in total. The molecule has 2 rings (SSSR count). The summed E-state index contributed by atoms with van der Waals surface area (Å²) in [7, 11) is 0. The fourth-order valence-electron chi connectivity index (χ4n) is 1.97. The summed E-state index contributed by atoms with van der Waals surface area (Å²) in [6, 6.07) is 12.8. The average Bonchev–Trinajstić information content (AvgIpc) is 2.41. The van der Waals surface area contributed by atoms with E-state index in [9.17, 15) is 5.11 Å². The Morgan fingerprint density at radius 3 is 2.47 bits per heavy atom. The normalized spacial score (nSPS) is 12.2. The van der Waals surface area contributed by atoms with Crippen molar-refractivity contribution in [1.82, 2.24) is 0 Å². The summed E-state index contributed by atoms with van der Waals surface area (Å²) in [6.07, 6.45) is 0.845. The van der Waals surface area contributed by atoms with Gasteiger partial charge < -0.3 is 10.4 Å². The zero-order valence-corrected chi connectivity index (χ0v) is 12.0. The van der Waals surface area contributed by atoms with Gasteiger partial charge in [-0.1, -0.05) is 48.3 Å². The molecule has 0 bridgehead atoms. The number of anilines is 1. The average molecular weight is 296 g/mol. The molecule has 4 heteroatoms. The molecule has 0 aromatic heterocycles. The number of phenolic OH excluding ortho intramolecular Hbond substituents is 1. The molecule has 0 aliphatic rings. The third-order valence-electron chi connectivity index (χ3n) is 2.98. The third-order valence-corrected chi connectivity index (χ3v) is 3.72. The van der Waals surface area contributed by atoms with Crippen LogP contribution in [0.15, 0.2) is 42.5 Å². The lowest BCUT2D eigenvalue weighted by molar-refractivity contribution is 0.463. The molecule has 0 saturated heterocycles. The van der Waals surface area contributed by atoms with E-state index in [4.69, 9.17) is 23.2 Å². The van der Waals surface area contributed by atoms with Crippen molar-refractivity contribution in [3.05, 3.63) is 58.1 Å². The molecular weight excluding hydrogens is 281 g/mol. The molecule has 100 valence electrons. The van der Waals surface area contributed by atoms with Gasteiger partial charge >= 0.3 is 0 Å². The van der Waals surface area contributed by atoms with Crippen LogP contribution in [0.5, 0.6) is 5.75 Å². The van der Waals surface area contributed by atoms with Crippen molar-refractivity contribution in [3.8, 4) is 5.75 Å². The van der Waals surface area contributed by atoms with Crippen LogP contribution in [0.3, 0.4) is 0 Å². The van der Waals surface area contributed by atoms with Crippen molar-refractivity contribution in [2.75, 3.05) is 5.32 Å². The topological polar surface area (TPSA) is 32.3 Å². The molecule has 0 fully saturated rings. The van der Waals surface area contributed by atoms with Gasteiger partial charge in [0, 0.05) is 11.3 Å². The van der Waals surface area contributed by atoms with E-state index in [1.54, 1.807) is 18.2 Å². The van der Waals surface area contributed by atoms with Gasteiger partial charge in [-0.2, -0.15) is 0 Å². The molecule has 0 radical (unpaired) electrons. The van der Waals surface area contributed by atoms with E-state index in [2.05, 4.69) is 12.2 Å². The Balaban J connectivity index is 2.24. The molecule has 0 saturated carbocycles. The second-order valence-electron chi connectivity index (χ2n) is 4.29. The maximum Gasteiger partial charge on any atom is 0.120 e. The van der Waals surface area contributed by atoms with E-state index < -0.39 is 0 Å². The van der Waals surface area contributed by atoms with Gasteiger partial charge in [0.25, 0.3) is 0 Å². The summed E-state index contributed by atoms with van der Waals surface area (Å²) in [4.78, 5) is 0. The molecule has 2 N–H and O–H groups in total. The largest absolute Gasteiger partial charge is 0.508 e. The number of aromatic hydroxyl groups is 1. The van der Waals surface area contributed by atoms with E-state index in [1.165, 1.54) is 0 Å². The second-order valence-corrected chi connectivity index (χ2v) is 5.11. The Morgan fingerprint density at radius 1 is 1.11 bits per heavy atom. The zero-order valence-electron chi connectivity index (χ0n) is 10.5. The summed E-state index contributed by atoms with van der Waals surface area (Å²) in [5.74, 6) is 0.293. The fraction of sp³-hybridized carbons (Fsp3) is 0.200. The van der Waals surface area contributed by atoms with Gasteiger partial charge in [-0.05, 0) is 30.7 Å². The molecule has 1 atom stereocenters. The van der Waals surface area contributed by atoms with Crippen LogP contribution < -0.4 is 5.32 Å². The number of hydrogen-bond donors (Lipinski definition) is 2. The quantitative estimate of drug-likeness (QED) is 0.806. The van der Waals surface area contributed by atoms with E-state index in [0.29, 0.717) is 15.8 Å². The first kappa shape index (κ1) is 14.0. The van der Waals surface area contributed by atoms with Crippen LogP contribution in [0.4, 0.5) is 5.69 Å². The highest BCUT2D eigenvalue weighted by Gasteiger charge is 2.13. The summed E-state index contributed by atoms with van der Waals surface area (Å²) >= 11 is 11.9. The van der Waals surface area contributed by atoms with Crippen molar-refractivity contribution in [3.63, 3.8) is 0 Å². The minimum absolute atomic E-state index is 0.0263. The van der Waals surface area contributed by atoms with Crippen molar-refractivity contribution in [1.29, 1.82) is 0 Å². The fourth-order valence-corrected chi connectivity index (χ4v) is 2.27. The predicted molar refractivity (Wildman–Crippen MR) is 81.2 cm³/mol. The maximum absolute atomic E-state index is 9.90. The molecule has 1 unspecified atom stereocenters. The van der Waals surface area contributed by atoms with Gasteiger partial charge in [0.05, 0.1) is 16.1 Å². The predicted octanol–water partition coefficient (Wildman–Crippen LogP) is 5.26. The second kappa shape index (κ2) is 6.18. The first-order valence-corrected chi connectivity index (χ1v) is 6.87. The number of benzene rings is 2. The minimum Gasteiger partial charge on any atom is -0.508 e. The van der Waals surface area contributed by atoms with Crippen LogP contribution in [-0.4, -0.2) is 5.11 Å². The van der Waals surface area contributed by atoms with Crippen molar-refractivity contribution >= 4 is 28.9 Å². The number of rotatable bonds is 4. The van der Waals surface area contributed by atoms with Gasteiger partial charge in [0.2, 0.25) is 0 Å². The van der Waals surface area contributed by atoms with Crippen LogP contribution >= 0.6 is 23.2 Å². The summed E-state index contributed by atoms with van der Waals surface area (Å²) < 4.78 is 0. The van der Waals surface area contributed by atoms with E-state index >= 15 is 0 Å².